The van der Waals surface area contributed by atoms with E-state index >= 15 is 0 Å². The summed E-state index contributed by atoms with van der Waals surface area (Å²) in [5.74, 6) is -0.0588. The molecule has 2 aromatic rings. The molecular weight excluding hydrogens is 229 g/mol. The minimum absolute atomic E-state index is 0.277. The third-order valence-corrected chi connectivity index (χ3v) is 2.67. The first-order chi connectivity index (χ1) is 8.79. The summed E-state index contributed by atoms with van der Waals surface area (Å²) in [7, 11) is 0. The van der Waals surface area contributed by atoms with Gasteiger partial charge in [-0.15, -0.1) is 0 Å². The molecule has 0 atom stereocenters. The molecule has 0 aliphatic heterocycles. The Morgan fingerprint density at radius 1 is 1.00 bits per heavy atom. The first-order valence-corrected chi connectivity index (χ1v) is 5.95. The second kappa shape index (κ2) is 6.17. The van der Waals surface area contributed by atoms with Gasteiger partial charge in [0.15, 0.2) is 11.6 Å². The summed E-state index contributed by atoms with van der Waals surface area (Å²) in [6.45, 7) is 0.887. The van der Waals surface area contributed by atoms with Gasteiger partial charge in [-0.2, -0.15) is 0 Å². The van der Waals surface area contributed by atoms with E-state index in [-0.39, 0.29) is 11.6 Å². The number of hydrogen-bond donors (Lipinski definition) is 1. The zero-order valence-corrected chi connectivity index (χ0v) is 10.1. The minimum Gasteiger partial charge on any atom is -0.486 e. The molecule has 0 amide bonds. The van der Waals surface area contributed by atoms with Crippen molar-refractivity contribution in [1.82, 2.24) is 0 Å². The van der Waals surface area contributed by atoms with Crippen molar-refractivity contribution in [2.24, 2.45) is 5.73 Å². The second-order valence-corrected chi connectivity index (χ2v) is 4.08. The highest BCUT2D eigenvalue weighted by atomic mass is 19.1. The average molecular weight is 245 g/mol. The van der Waals surface area contributed by atoms with Crippen molar-refractivity contribution < 1.29 is 9.13 Å². The zero-order valence-electron chi connectivity index (χ0n) is 10.1. The van der Waals surface area contributed by atoms with Crippen molar-refractivity contribution in [1.29, 1.82) is 0 Å². The Morgan fingerprint density at radius 2 is 1.78 bits per heavy atom. The van der Waals surface area contributed by atoms with Gasteiger partial charge in [-0.1, -0.05) is 36.4 Å². The van der Waals surface area contributed by atoms with Gasteiger partial charge in [0.05, 0.1) is 0 Å². The maximum absolute atomic E-state index is 13.7. The molecular formula is C15H16FNO. The SMILES string of the molecule is NCCc1ccc(OCc2ccccc2)c(F)c1. The van der Waals surface area contributed by atoms with Crippen LogP contribution in [-0.4, -0.2) is 6.54 Å². The molecule has 2 N–H and O–H groups in total. The Kier molecular flexibility index (Phi) is 4.31. The molecule has 0 bridgehead atoms. The number of hydrogen-bond acceptors (Lipinski definition) is 2. The lowest BCUT2D eigenvalue weighted by Crippen LogP contribution is -2.03. The highest BCUT2D eigenvalue weighted by Crippen LogP contribution is 2.19. The van der Waals surface area contributed by atoms with Crippen LogP contribution in [0.2, 0.25) is 0 Å². The van der Waals surface area contributed by atoms with E-state index in [1.807, 2.05) is 36.4 Å². The summed E-state index contributed by atoms with van der Waals surface area (Å²) in [5, 5.41) is 0. The summed E-state index contributed by atoms with van der Waals surface area (Å²) in [6, 6.07) is 14.7. The molecule has 0 spiro atoms. The zero-order chi connectivity index (χ0) is 12.8. The molecule has 18 heavy (non-hydrogen) atoms. The fourth-order valence-electron chi connectivity index (χ4n) is 1.72. The third-order valence-electron chi connectivity index (χ3n) is 2.67. The first kappa shape index (κ1) is 12.6. The van der Waals surface area contributed by atoms with E-state index in [0.717, 1.165) is 11.1 Å². The molecule has 0 saturated carbocycles. The monoisotopic (exact) mass is 245 g/mol. The molecule has 94 valence electrons. The van der Waals surface area contributed by atoms with Gasteiger partial charge in [-0.25, -0.2) is 4.39 Å². The third kappa shape index (κ3) is 3.31. The molecule has 0 heterocycles. The molecule has 0 aliphatic rings. The summed E-state index contributed by atoms with van der Waals surface area (Å²) in [6.07, 6.45) is 0.676. The van der Waals surface area contributed by atoms with Crippen LogP contribution in [0.15, 0.2) is 48.5 Å². The summed E-state index contributed by atoms with van der Waals surface area (Å²) in [4.78, 5) is 0. The lowest BCUT2D eigenvalue weighted by atomic mass is 10.1. The van der Waals surface area contributed by atoms with E-state index in [4.69, 9.17) is 10.5 Å². The van der Waals surface area contributed by atoms with Crippen LogP contribution in [0.3, 0.4) is 0 Å². The lowest BCUT2D eigenvalue weighted by Gasteiger charge is -2.08. The number of benzene rings is 2. The predicted molar refractivity (Wildman–Crippen MR) is 69.9 cm³/mol. The van der Waals surface area contributed by atoms with Gasteiger partial charge in [0, 0.05) is 0 Å². The Bertz CT molecular complexity index is 499. The van der Waals surface area contributed by atoms with E-state index < -0.39 is 0 Å². The van der Waals surface area contributed by atoms with Crippen LogP contribution >= 0.6 is 0 Å². The van der Waals surface area contributed by atoms with Gasteiger partial charge >= 0.3 is 0 Å². The largest absolute Gasteiger partial charge is 0.486 e. The minimum atomic E-state index is -0.336. The van der Waals surface area contributed by atoms with Crippen LogP contribution in [0.25, 0.3) is 0 Å². The second-order valence-electron chi connectivity index (χ2n) is 4.08. The van der Waals surface area contributed by atoms with Gasteiger partial charge in [0.25, 0.3) is 0 Å². The van der Waals surface area contributed by atoms with Crippen molar-refractivity contribution in [2.45, 2.75) is 13.0 Å². The smallest absolute Gasteiger partial charge is 0.165 e. The Morgan fingerprint density at radius 3 is 2.44 bits per heavy atom. The maximum atomic E-state index is 13.7. The molecule has 2 nitrogen and oxygen atoms in total. The molecule has 0 radical (unpaired) electrons. The molecule has 0 saturated heterocycles. The van der Waals surface area contributed by atoms with E-state index in [1.54, 1.807) is 6.07 Å². The fraction of sp³-hybridized carbons (Fsp3) is 0.200. The van der Waals surface area contributed by atoms with Crippen LogP contribution in [0.1, 0.15) is 11.1 Å². The normalized spacial score (nSPS) is 10.3. The lowest BCUT2D eigenvalue weighted by molar-refractivity contribution is 0.290. The quantitative estimate of drug-likeness (QED) is 0.879. The predicted octanol–water partition coefficient (Wildman–Crippen LogP) is 2.91. The van der Waals surface area contributed by atoms with Crippen molar-refractivity contribution in [3.8, 4) is 5.75 Å². The molecule has 0 fully saturated rings. The standard InChI is InChI=1S/C15H16FNO/c16-14-10-12(8-9-17)6-7-15(14)18-11-13-4-2-1-3-5-13/h1-7,10H,8-9,11,17H2. The van der Waals surface area contributed by atoms with Crippen molar-refractivity contribution in [3.05, 3.63) is 65.5 Å². The molecule has 3 heteroatoms. The fourth-order valence-corrected chi connectivity index (χ4v) is 1.72. The molecule has 2 aromatic carbocycles. The van der Waals surface area contributed by atoms with Gasteiger partial charge in [-0.05, 0) is 36.2 Å². The van der Waals surface area contributed by atoms with Crippen molar-refractivity contribution in [2.75, 3.05) is 6.54 Å². The first-order valence-electron chi connectivity index (χ1n) is 5.95. The highest BCUT2D eigenvalue weighted by molar-refractivity contribution is 5.30. The number of halogens is 1. The van der Waals surface area contributed by atoms with Gasteiger partial charge in [0.2, 0.25) is 0 Å². The summed E-state index contributed by atoms with van der Waals surface area (Å²) < 4.78 is 19.2. The number of ether oxygens (including phenoxy) is 1. The number of nitrogens with two attached hydrogens (primary N) is 1. The Labute approximate surface area is 106 Å². The Hall–Kier alpha value is -1.87. The van der Waals surface area contributed by atoms with Gasteiger partial charge in [-0.3, -0.25) is 0 Å². The van der Waals surface area contributed by atoms with E-state index in [9.17, 15) is 4.39 Å². The van der Waals surface area contributed by atoms with E-state index in [1.165, 1.54) is 6.07 Å². The van der Waals surface area contributed by atoms with Crippen LogP contribution in [-0.2, 0) is 13.0 Å². The van der Waals surface area contributed by atoms with Crippen molar-refractivity contribution in [3.63, 3.8) is 0 Å². The number of rotatable bonds is 5. The van der Waals surface area contributed by atoms with Crippen molar-refractivity contribution >= 4 is 0 Å². The topological polar surface area (TPSA) is 35.2 Å². The summed E-state index contributed by atoms with van der Waals surface area (Å²) >= 11 is 0. The van der Waals surface area contributed by atoms with E-state index in [2.05, 4.69) is 0 Å². The van der Waals surface area contributed by atoms with Crippen LogP contribution < -0.4 is 10.5 Å². The van der Waals surface area contributed by atoms with Crippen LogP contribution in [0, 0.1) is 5.82 Å². The molecule has 0 unspecified atom stereocenters. The van der Waals surface area contributed by atoms with Gasteiger partial charge < -0.3 is 10.5 Å². The van der Waals surface area contributed by atoms with Crippen LogP contribution in [0.4, 0.5) is 4.39 Å². The highest BCUT2D eigenvalue weighted by Gasteiger charge is 2.04. The summed E-state index contributed by atoms with van der Waals surface area (Å²) in [5.41, 5.74) is 7.34. The van der Waals surface area contributed by atoms with Gasteiger partial charge in [0.1, 0.15) is 6.61 Å². The molecule has 0 aromatic heterocycles. The van der Waals surface area contributed by atoms with Crippen LogP contribution in [0.5, 0.6) is 5.75 Å². The van der Waals surface area contributed by atoms with E-state index in [0.29, 0.717) is 19.6 Å². The maximum Gasteiger partial charge on any atom is 0.165 e. The molecule has 2 rings (SSSR count). The average Bonchev–Trinajstić information content (AvgIpc) is 2.39. The molecule has 0 aliphatic carbocycles. The Balaban J connectivity index is 2.01.